The van der Waals surface area contributed by atoms with Crippen LogP contribution in [-0.4, -0.2) is 12.1 Å². The van der Waals surface area contributed by atoms with Crippen molar-refractivity contribution in [2.75, 3.05) is 5.32 Å². The summed E-state index contributed by atoms with van der Waals surface area (Å²) >= 11 is 3.05. The van der Waals surface area contributed by atoms with Crippen molar-refractivity contribution in [2.45, 2.75) is 4.58 Å². The van der Waals surface area contributed by atoms with Gasteiger partial charge in [-0.3, -0.25) is 4.79 Å². The molecule has 0 aliphatic carbocycles. The topological polar surface area (TPSA) is 53.0 Å². The zero-order valence-electron chi connectivity index (χ0n) is 11.7. The van der Waals surface area contributed by atoms with Crippen LogP contribution in [0, 0.1) is 5.41 Å². The van der Waals surface area contributed by atoms with Crippen molar-refractivity contribution in [3.63, 3.8) is 0 Å². The lowest BCUT2D eigenvalue weighted by Gasteiger charge is -2.09. The van der Waals surface area contributed by atoms with Crippen LogP contribution in [0.15, 0.2) is 70.5 Å². The number of anilines is 1. The van der Waals surface area contributed by atoms with Gasteiger partial charge in [0, 0.05) is 16.8 Å². The molecule has 3 rings (SSSR count). The van der Waals surface area contributed by atoms with E-state index in [4.69, 9.17) is 5.41 Å². The smallest absolute Gasteiger partial charge is 0.263 e. The Morgan fingerprint density at radius 1 is 1.00 bits per heavy atom. The summed E-state index contributed by atoms with van der Waals surface area (Å²) in [6, 6.07) is 19.4. The Balaban J connectivity index is 1.77. The lowest BCUT2D eigenvalue weighted by molar-refractivity contribution is -0.112. The Morgan fingerprint density at radius 3 is 2.27 bits per heavy atom. The van der Waals surface area contributed by atoms with Crippen LogP contribution in [0.5, 0.6) is 0 Å². The van der Waals surface area contributed by atoms with Gasteiger partial charge >= 0.3 is 0 Å². The van der Waals surface area contributed by atoms with Gasteiger partial charge in [-0.05, 0) is 17.7 Å². The number of nitrogens with one attached hydrogen (secondary N) is 2. The first-order valence-electron chi connectivity index (χ1n) is 6.77. The molecule has 2 N–H and O–H groups in total. The summed E-state index contributed by atoms with van der Waals surface area (Å²) in [7, 11) is 0. The lowest BCUT2D eigenvalue weighted by atomic mass is 10.2. The number of carbonyl (C=O) groups excluding carboxylic acids is 1. The molecule has 0 saturated heterocycles. The monoisotopic (exact) mass is 326 g/mol. The van der Waals surface area contributed by atoms with E-state index in [1.165, 1.54) is 18.0 Å². The Morgan fingerprint density at radius 2 is 1.64 bits per heavy atom. The van der Waals surface area contributed by atoms with Gasteiger partial charge < -0.3 is 10.7 Å². The molecule has 0 fully saturated rings. The maximum absolute atomic E-state index is 12.5. The van der Waals surface area contributed by atoms with Gasteiger partial charge in [0.1, 0.15) is 0 Å². The molecule has 1 aliphatic rings. The summed E-state index contributed by atoms with van der Waals surface area (Å²) in [6.07, 6.45) is 1.26. The van der Waals surface area contributed by atoms with Crippen LogP contribution in [0.4, 0.5) is 5.69 Å². The molecule has 1 amide bonds. The molecule has 3 nitrogen and oxygen atoms in total. The molecule has 1 aliphatic heterocycles. The maximum atomic E-state index is 12.5. The van der Waals surface area contributed by atoms with Crippen molar-refractivity contribution in [3.05, 3.63) is 76.0 Å². The average Bonchev–Trinajstić information content (AvgIpc) is 3.01. The van der Waals surface area contributed by atoms with E-state index in [2.05, 4.69) is 5.32 Å². The molecular weight excluding hydrogens is 312 g/mol. The lowest BCUT2D eigenvalue weighted by Crippen LogP contribution is -2.12. The van der Waals surface area contributed by atoms with Gasteiger partial charge in [-0.1, -0.05) is 60.3 Å². The second-order valence-electron chi connectivity index (χ2n) is 4.64. The van der Waals surface area contributed by atoms with Crippen molar-refractivity contribution in [2.24, 2.45) is 0 Å². The molecule has 0 aromatic heterocycles. The standard InChI is InChI=1S/C17H14N2OS2/c18-11-14-15(16(20)19-13-9-5-2-6-10-13)22-17(21-14)12-7-3-1-4-8-12/h1-11,17-18H,(H,19,20). The van der Waals surface area contributed by atoms with Crippen LogP contribution in [0.1, 0.15) is 10.1 Å². The van der Waals surface area contributed by atoms with Gasteiger partial charge in [0.25, 0.3) is 5.91 Å². The number of para-hydroxylation sites is 1. The fourth-order valence-electron chi connectivity index (χ4n) is 2.08. The van der Waals surface area contributed by atoms with Crippen molar-refractivity contribution in [1.29, 1.82) is 5.41 Å². The molecule has 1 atom stereocenters. The molecule has 2 aromatic rings. The van der Waals surface area contributed by atoms with Crippen molar-refractivity contribution >= 4 is 41.3 Å². The van der Waals surface area contributed by atoms with Gasteiger partial charge in [-0.15, -0.1) is 11.8 Å². The summed E-state index contributed by atoms with van der Waals surface area (Å²) < 4.78 is 0.120. The molecule has 22 heavy (non-hydrogen) atoms. The van der Waals surface area contributed by atoms with Crippen molar-refractivity contribution in [3.8, 4) is 0 Å². The highest BCUT2D eigenvalue weighted by molar-refractivity contribution is 8.23. The van der Waals surface area contributed by atoms with E-state index in [-0.39, 0.29) is 10.5 Å². The third-order valence-corrected chi connectivity index (χ3v) is 6.02. The SMILES string of the molecule is N=CC1=C(C(=O)Nc2ccccc2)SC(c2ccccc2)S1. The summed E-state index contributed by atoms with van der Waals surface area (Å²) in [6.45, 7) is 0. The van der Waals surface area contributed by atoms with Crippen LogP contribution in [0.25, 0.3) is 0 Å². The highest BCUT2D eigenvalue weighted by atomic mass is 32.2. The molecule has 110 valence electrons. The maximum Gasteiger partial charge on any atom is 0.263 e. The zero-order valence-corrected chi connectivity index (χ0v) is 13.3. The van der Waals surface area contributed by atoms with Crippen molar-refractivity contribution < 1.29 is 4.79 Å². The van der Waals surface area contributed by atoms with E-state index >= 15 is 0 Å². The number of thioether (sulfide) groups is 2. The molecular formula is C17H14N2OS2. The molecule has 0 spiro atoms. The summed E-state index contributed by atoms with van der Waals surface area (Å²) in [5.41, 5.74) is 1.91. The quantitative estimate of drug-likeness (QED) is 0.803. The minimum Gasteiger partial charge on any atom is -0.322 e. The molecule has 5 heteroatoms. The van der Waals surface area contributed by atoms with Gasteiger partial charge in [0.15, 0.2) is 0 Å². The molecule has 1 unspecified atom stereocenters. The number of hydrogen-bond donors (Lipinski definition) is 2. The minimum absolute atomic E-state index is 0.120. The number of hydrogen-bond acceptors (Lipinski definition) is 4. The van der Waals surface area contributed by atoms with Gasteiger partial charge in [-0.25, -0.2) is 0 Å². The molecule has 0 radical (unpaired) electrons. The largest absolute Gasteiger partial charge is 0.322 e. The highest BCUT2D eigenvalue weighted by Crippen LogP contribution is 2.54. The van der Waals surface area contributed by atoms with Crippen LogP contribution in [0.3, 0.4) is 0 Å². The highest BCUT2D eigenvalue weighted by Gasteiger charge is 2.30. The summed E-state index contributed by atoms with van der Waals surface area (Å²) in [5.74, 6) is -0.152. The Labute approximate surface area is 137 Å². The van der Waals surface area contributed by atoms with E-state index in [1.54, 1.807) is 11.8 Å². The fraction of sp³-hybridized carbons (Fsp3) is 0.0588. The first-order chi connectivity index (χ1) is 10.8. The Kier molecular flexibility index (Phi) is 4.65. The minimum atomic E-state index is -0.152. The molecule has 0 saturated carbocycles. The first kappa shape index (κ1) is 14.9. The van der Waals surface area contributed by atoms with Crippen LogP contribution in [0.2, 0.25) is 0 Å². The van der Waals surface area contributed by atoms with E-state index in [9.17, 15) is 4.79 Å². The fourth-order valence-corrected chi connectivity index (χ4v) is 4.79. The number of rotatable bonds is 4. The number of benzene rings is 2. The van der Waals surface area contributed by atoms with Crippen LogP contribution < -0.4 is 5.32 Å². The number of allylic oxidation sites excluding steroid dienone is 1. The third-order valence-electron chi connectivity index (χ3n) is 3.12. The zero-order chi connectivity index (χ0) is 15.4. The Bertz CT molecular complexity index is 714. The van der Waals surface area contributed by atoms with Crippen LogP contribution in [-0.2, 0) is 4.79 Å². The number of carbonyl (C=O) groups is 1. The van der Waals surface area contributed by atoms with Crippen molar-refractivity contribution in [1.82, 2.24) is 0 Å². The number of amides is 1. The average molecular weight is 326 g/mol. The summed E-state index contributed by atoms with van der Waals surface area (Å²) in [5, 5.41) is 10.4. The third kappa shape index (κ3) is 3.26. The van der Waals surface area contributed by atoms with Crippen LogP contribution >= 0.6 is 23.5 Å². The van der Waals surface area contributed by atoms with E-state index in [0.29, 0.717) is 9.81 Å². The second kappa shape index (κ2) is 6.85. The molecule has 1 heterocycles. The Hall–Kier alpha value is -1.98. The van der Waals surface area contributed by atoms with E-state index in [1.807, 2.05) is 60.7 Å². The normalized spacial score (nSPS) is 17.4. The van der Waals surface area contributed by atoms with E-state index < -0.39 is 0 Å². The molecule has 2 aromatic carbocycles. The predicted molar refractivity (Wildman–Crippen MR) is 95.2 cm³/mol. The predicted octanol–water partition coefficient (Wildman–Crippen LogP) is 4.67. The first-order valence-corrected chi connectivity index (χ1v) is 8.53. The van der Waals surface area contributed by atoms with Gasteiger partial charge in [0.2, 0.25) is 0 Å². The van der Waals surface area contributed by atoms with E-state index in [0.717, 1.165) is 11.3 Å². The van der Waals surface area contributed by atoms with Gasteiger partial charge in [0.05, 0.1) is 9.49 Å². The van der Waals surface area contributed by atoms with Gasteiger partial charge in [-0.2, -0.15) is 0 Å². The summed E-state index contributed by atoms with van der Waals surface area (Å²) in [4.78, 5) is 13.8. The molecule has 0 bridgehead atoms. The second-order valence-corrected chi connectivity index (χ2v) is 7.20.